The van der Waals surface area contributed by atoms with Gasteiger partial charge in [0.2, 0.25) is 5.88 Å². The van der Waals surface area contributed by atoms with Crippen LogP contribution in [0.25, 0.3) is 10.9 Å². The average molecular weight is 439 g/mol. The molecule has 0 radical (unpaired) electrons. The van der Waals surface area contributed by atoms with E-state index in [1.54, 1.807) is 0 Å². The highest BCUT2D eigenvalue weighted by Crippen LogP contribution is 2.32. The van der Waals surface area contributed by atoms with E-state index in [0.717, 1.165) is 22.6 Å². The molecule has 0 atom stereocenters. The van der Waals surface area contributed by atoms with E-state index in [9.17, 15) is 8.42 Å². The van der Waals surface area contributed by atoms with E-state index in [-0.39, 0.29) is 0 Å². The zero-order valence-corrected chi connectivity index (χ0v) is 18.9. The molecule has 1 N–H and O–H groups in total. The van der Waals surface area contributed by atoms with Gasteiger partial charge in [-0.3, -0.25) is 4.55 Å². The molecule has 158 valence electrons. The third-order valence-corrected chi connectivity index (χ3v) is 4.60. The molecule has 0 saturated heterocycles. The first-order valence-corrected chi connectivity index (χ1v) is 11.4. The molecule has 0 fully saturated rings. The molecule has 0 aliphatic carbocycles. The Morgan fingerprint density at radius 3 is 2.31 bits per heavy atom. The molecule has 2 aromatic heterocycles. The lowest BCUT2D eigenvalue weighted by Crippen LogP contribution is -2.08. The summed E-state index contributed by atoms with van der Waals surface area (Å²) in [6.07, 6.45) is 2.54. The Hall–Kier alpha value is -2.09. The summed E-state index contributed by atoms with van der Waals surface area (Å²) in [5, 5.41) is 1.95. The average Bonchev–Trinajstić information content (AvgIpc) is 2.85. The Morgan fingerprint density at radius 2 is 1.76 bits per heavy atom. The van der Waals surface area contributed by atoms with Gasteiger partial charge in [-0.2, -0.15) is 8.42 Å². The molecular formula is C21H27ClN2O4S. The van der Waals surface area contributed by atoms with Crippen LogP contribution in [0, 0.1) is 19.8 Å². The Bertz CT molecular complexity index is 1070. The molecule has 0 unspecified atom stereocenters. The number of ether oxygens (including phenoxy) is 1. The summed E-state index contributed by atoms with van der Waals surface area (Å²) >= 11 is 5.94. The van der Waals surface area contributed by atoms with E-state index in [1.807, 2.05) is 30.5 Å². The maximum Gasteiger partial charge on any atom is 0.261 e. The van der Waals surface area contributed by atoms with E-state index in [1.165, 1.54) is 16.6 Å². The fraction of sp³-hybridized carbons (Fsp3) is 0.381. The van der Waals surface area contributed by atoms with Gasteiger partial charge in [-0.25, -0.2) is 4.98 Å². The number of aromatic nitrogens is 2. The van der Waals surface area contributed by atoms with Gasteiger partial charge >= 0.3 is 0 Å². The molecule has 0 amide bonds. The molecule has 0 aliphatic rings. The molecule has 8 heteroatoms. The minimum absolute atomic E-state index is 0.480. The number of hydrogen-bond acceptors (Lipinski definition) is 4. The second-order valence-corrected chi connectivity index (χ2v) is 9.28. The molecule has 0 aliphatic heterocycles. The van der Waals surface area contributed by atoms with Crippen molar-refractivity contribution in [2.45, 2.75) is 40.8 Å². The lowest BCUT2D eigenvalue weighted by atomic mass is 10.2. The van der Waals surface area contributed by atoms with Crippen molar-refractivity contribution in [3.05, 3.63) is 58.4 Å². The summed E-state index contributed by atoms with van der Waals surface area (Å²) in [7, 11) is -3.67. The van der Waals surface area contributed by atoms with Crippen LogP contribution in [0.4, 0.5) is 0 Å². The van der Waals surface area contributed by atoms with Crippen molar-refractivity contribution in [3.63, 3.8) is 0 Å². The summed E-state index contributed by atoms with van der Waals surface area (Å²) in [6.45, 7) is 10.2. The van der Waals surface area contributed by atoms with Gasteiger partial charge < -0.3 is 9.30 Å². The molecule has 3 rings (SSSR count). The molecule has 1 aromatic carbocycles. The van der Waals surface area contributed by atoms with E-state index in [2.05, 4.69) is 43.3 Å². The van der Waals surface area contributed by atoms with Crippen molar-refractivity contribution in [2.75, 3.05) is 6.26 Å². The van der Waals surface area contributed by atoms with Crippen molar-refractivity contribution in [3.8, 4) is 5.88 Å². The van der Waals surface area contributed by atoms with Crippen LogP contribution in [-0.2, 0) is 23.3 Å². The summed E-state index contributed by atoms with van der Waals surface area (Å²) in [5.41, 5.74) is 4.75. The molecule has 0 bridgehead atoms. The van der Waals surface area contributed by atoms with Crippen LogP contribution >= 0.6 is 11.6 Å². The second kappa shape index (κ2) is 9.61. The first-order chi connectivity index (χ1) is 13.5. The smallest absolute Gasteiger partial charge is 0.261 e. The van der Waals surface area contributed by atoms with E-state index in [0.29, 0.717) is 24.7 Å². The normalized spacial score (nSPS) is 11.4. The van der Waals surface area contributed by atoms with Gasteiger partial charge in [-0.15, -0.1) is 0 Å². The Balaban J connectivity index is 0.000000537. The van der Waals surface area contributed by atoms with Gasteiger partial charge in [0.15, 0.2) is 0 Å². The van der Waals surface area contributed by atoms with Crippen LogP contribution in [0.2, 0.25) is 5.02 Å². The third-order valence-electron chi connectivity index (χ3n) is 4.35. The van der Waals surface area contributed by atoms with E-state index >= 15 is 0 Å². The topological polar surface area (TPSA) is 81.4 Å². The molecule has 0 spiro atoms. The molecular weight excluding hydrogens is 412 g/mol. The number of halogens is 1. The van der Waals surface area contributed by atoms with Crippen molar-refractivity contribution in [2.24, 2.45) is 5.92 Å². The lowest BCUT2D eigenvalue weighted by Gasteiger charge is -2.14. The molecule has 3 aromatic rings. The Morgan fingerprint density at radius 1 is 1.17 bits per heavy atom. The van der Waals surface area contributed by atoms with Crippen LogP contribution in [0.15, 0.2) is 36.5 Å². The van der Waals surface area contributed by atoms with Gasteiger partial charge in [0, 0.05) is 28.8 Å². The monoisotopic (exact) mass is 438 g/mol. The summed E-state index contributed by atoms with van der Waals surface area (Å²) in [5.74, 6) is 1.25. The van der Waals surface area contributed by atoms with Gasteiger partial charge in [-0.05, 0) is 49.1 Å². The van der Waals surface area contributed by atoms with Crippen LogP contribution in [0.5, 0.6) is 5.88 Å². The quantitative estimate of drug-likeness (QED) is 0.564. The maximum absolute atomic E-state index is 9.19. The van der Waals surface area contributed by atoms with Crippen molar-refractivity contribution < 1.29 is 17.7 Å². The van der Waals surface area contributed by atoms with Crippen molar-refractivity contribution >= 4 is 32.6 Å². The highest BCUT2D eigenvalue weighted by Gasteiger charge is 2.17. The standard InChI is InChI=1S/C20H23ClN2O.CH4O3S/c1-13(2)11-23-15(4)14(3)18-9-10-22-20(19(18)23)24-12-16-5-7-17(21)8-6-16;1-5(2,3)4/h5-10,13H,11-12H2,1-4H3;1H3,(H,2,3,4). The number of nitrogens with zero attached hydrogens (tertiary/aromatic N) is 2. The fourth-order valence-electron chi connectivity index (χ4n) is 2.99. The van der Waals surface area contributed by atoms with Crippen LogP contribution < -0.4 is 4.74 Å². The second-order valence-electron chi connectivity index (χ2n) is 7.38. The maximum atomic E-state index is 9.19. The van der Waals surface area contributed by atoms with Gasteiger partial charge in [0.1, 0.15) is 12.1 Å². The first-order valence-electron chi connectivity index (χ1n) is 9.21. The number of aryl methyl sites for hydroxylation is 1. The summed E-state index contributed by atoms with van der Waals surface area (Å²) in [4.78, 5) is 4.49. The number of benzene rings is 1. The van der Waals surface area contributed by atoms with Crippen LogP contribution in [0.1, 0.15) is 30.7 Å². The van der Waals surface area contributed by atoms with E-state index in [4.69, 9.17) is 20.9 Å². The minimum Gasteiger partial charge on any atom is -0.471 e. The lowest BCUT2D eigenvalue weighted by molar-refractivity contribution is 0.296. The third kappa shape index (κ3) is 6.73. The number of rotatable bonds is 5. The highest BCUT2D eigenvalue weighted by atomic mass is 35.5. The predicted molar refractivity (Wildman–Crippen MR) is 117 cm³/mol. The Labute approximate surface area is 177 Å². The summed E-state index contributed by atoms with van der Waals surface area (Å²) < 4.78 is 34.3. The minimum atomic E-state index is -3.67. The molecule has 0 saturated carbocycles. The fourth-order valence-corrected chi connectivity index (χ4v) is 3.12. The SMILES string of the molecule is CS(=O)(=O)O.Cc1c(C)n(CC(C)C)c2c(OCc3ccc(Cl)cc3)nccc12. The largest absolute Gasteiger partial charge is 0.471 e. The van der Waals surface area contributed by atoms with Crippen molar-refractivity contribution in [1.82, 2.24) is 9.55 Å². The molecule has 2 heterocycles. The van der Waals surface area contributed by atoms with Crippen LogP contribution in [0.3, 0.4) is 0 Å². The van der Waals surface area contributed by atoms with Crippen LogP contribution in [-0.4, -0.2) is 28.8 Å². The van der Waals surface area contributed by atoms with Crippen molar-refractivity contribution in [1.29, 1.82) is 0 Å². The number of pyridine rings is 1. The molecule has 29 heavy (non-hydrogen) atoms. The van der Waals surface area contributed by atoms with Gasteiger partial charge in [-0.1, -0.05) is 37.6 Å². The number of fused-ring (bicyclic) bond motifs is 1. The Kier molecular flexibility index (Phi) is 7.68. The van der Waals surface area contributed by atoms with Gasteiger partial charge in [0.25, 0.3) is 10.1 Å². The predicted octanol–water partition coefficient (Wildman–Crippen LogP) is 5.05. The zero-order chi connectivity index (χ0) is 21.8. The summed E-state index contributed by atoms with van der Waals surface area (Å²) in [6, 6.07) is 9.79. The highest BCUT2D eigenvalue weighted by molar-refractivity contribution is 7.85. The van der Waals surface area contributed by atoms with E-state index < -0.39 is 10.1 Å². The first kappa shape index (κ1) is 23.2. The molecule has 6 nitrogen and oxygen atoms in total. The zero-order valence-electron chi connectivity index (χ0n) is 17.3. The van der Waals surface area contributed by atoms with Gasteiger partial charge in [0.05, 0.1) is 6.26 Å². The number of hydrogen-bond donors (Lipinski definition) is 1.